The van der Waals surface area contributed by atoms with Gasteiger partial charge in [0.2, 0.25) is 0 Å². The van der Waals surface area contributed by atoms with E-state index in [2.05, 4.69) is 10.6 Å². The molecule has 2 rings (SSSR count). The van der Waals surface area contributed by atoms with Crippen molar-refractivity contribution >= 4 is 39.5 Å². The summed E-state index contributed by atoms with van der Waals surface area (Å²) in [5.74, 6) is -0.111. The second-order valence-corrected chi connectivity index (χ2v) is 8.68. The maximum Gasteiger partial charge on any atom is 0.261 e. The molecule has 2 N–H and O–H groups in total. The summed E-state index contributed by atoms with van der Waals surface area (Å²) in [5, 5.41) is 6.25. The molecule has 1 aliphatic rings. The standard InChI is InChI=1S/C13H20N2O3S2.ClH/c1-9-10(8-20(2,17)18)6-12(19-9)13(16)15-11-4-3-5-14-7-11;/h6,11,14H,3-5,7-8H2,1-2H3,(H,15,16);1H/t11-;/m0./s1. The number of aryl methyl sites for hydroxylation is 1. The number of sulfone groups is 1. The fourth-order valence-electron chi connectivity index (χ4n) is 2.29. The molecule has 1 fully saturated rings. The first-order valence-corrected chi connectivity index (χ1v) is 9.51. The lowest BCUT2D eigenvalue weighted by Gasteiger charge is -2.23. The number of hydrogen-bond acceptors (Lipinski definition) is 5. The molecule has 1 atom stereocenters. The zero-order valence-corrected chi connectivity index (χ0v) is 14.6. The van der Waals surface area contributed by atoms with Gasteiger partial charge in [0.15, 0.2) is 9.84 Å². The highest BCUT2D eigenvalue weighted by molar-refractivity contribution is 7.89. The minimum Gasteiger partial charge on any atom is -0.347 e. The molecule has 1 aliphatic heterocycles. The Balaban J connectivity index is 0.00000220. The highest BCUT2D eigenvalue weighted by Crippen LogP contribution is 2.23. The minimum atomic E-state index is -3.07. The second-order valence-electron chi connectivity index (χ2n) is 5.28. The molecule has 2 heterocycles. The van der Waals surface area contributed by atoms with Crippen molar-refractivity contribution in [2.75, 3.05) is 19.3 Å². The molecular formula is C13H21ClN2O3S2. The van der Waals surface area contributed by atoms with Gasteiger partial charge >= 0.3 is 0 Å². The van der Waals surface area contributed by atoms with Gasteiger partial charge in [0.25, 0.3) is 5.91 Å². The van der Waals surface area contributed by atoms with Crippen molar-refractivity contribution in [1.82, 2.24) is 10.6 Å². The molecule has 1 amide bonds. The predicted molar refractivity (Wildman–Crippen MR) is 88.2 cm³/mol. The van der Waals surface area contributed by atoms with Gasteiger partial charge in [-0.1, -0.05) is 0 Å². The van der Waals surface area contributed by atoms with E-state index in [1.807, 2.05) is 6.92 Å². The minimum absolute atomic E-state index is 0. The third-order valence-electron chi connectivity index (χ3n) is 3.29. The monoisotopic (exact) mass is 352 g/mol. The summed E-state index contributed by atoms with van der Waals surface area (Å²) < 4.78 is 22.7. The van der Waals surface area contributed by atoms with E-state index >= 15 is 0 Å². The van der Waals surface area contributed by atoms with Gasteiger partial charge in [-0.05, 0) is 37.9 Å². The molecule has 1 aromatic rings. The van der Waals surface area contributed by atoms with Crippen LogP contribution < -0.4 is 10.6 Å². The number of carbonyl (C=O) groups excluding carboxylic acids is 1. The van der Waals surface area contributed by atoms with Crippen molar-refractivity contribution in [3.05, 3.63) is 21.4 Å². The number of thiophene rings is 1. The quantitative estimate of drug-likeness (QED) is 0.861. The van der Waals surface area contributed by atoms with Crippen molar-refractivity contribution in [2.45, 2.75) is 31.6 Å². The lowest BCUT2D eigenvalue weighted by molar-refractivity contribution is 0.0934. The lowest BCUT2D eigenvalue weighted by atomic mass is 10.1. The summed E-state index contributed by atoms with van der Waals surface area (Å²) in [6, 6.07) is 1.86. The zero-order chi connectivity index (χ0) is 14.8. The van der Waals surface area contributed by atoms with Gasteiger partial charge < -0.3 is 10.6 Å². The van der Waals surface area contributed by atoms with Crippen LogP contribution in [0.25, 0.3) is 0 Å². The maximum atomic E-state index is 12.2. The van der Waals surface area contributed by atoms with Crippen LogP contribution in [0, 0.1) is 6.92 Å². The Hall–Kier alpha value is -0.630. The number of rotatable bonds is 4. The average molecular weight is 353 g/mol. The van der Waals surface area contributed by atoms with Crippen LogP contribution in [0.1, 0.15) is 33.0 Å². The third kappa shape index (κ3) is 5.58. The number of piperidine rings is 1. The van der Waals surface area contributed by atoms with E-state index in [0.717, 1.165) is 36.4 Å². The van der Waals surface area contributed by atoms with Crippen LogP contribution >= 0.6 is 23.7 Å². The Labute approximate surface area is 135 Å². The molecule has 0 radical (unpaired) electrons. The highest BCUT2D eigenvalue weighted by atomic mass is 35.5. The fraction of sp³-hybridized carbons (Fsp3) is 0.615. The normalized spacial score (nSPS) is 18.9. The Morgan fingerprint density at radius 3 is 2.81 bits per heavy atom. The van der Waals surface area contributed by atoms with Gasteiger partial charge in [0.05, 0.1) is 10.6 Å². The molecule has 0 aromatic carbocycles. The van der Waals surface area contributed by atoms with E-state index in [1.165, 1.54) is 17.6 Å². The summed E-state index contributed by atoms with van der Waals surface area (Å²) in [7, 11) is -3.07. The molecule has 0 saturated carbocycles. The molecule has 0 unspecified atom stereocenters. The summed E-state index contributed by atoms with van der Waals surface area (Å²) in [4.78, 5) is 13.6. The molecule has 120 valence electrons. The molecule has 0 aliphatic carbocycles. The van der Waals surface area contributed by atoms with E-state index in [-0.39, 0.29) is 30.1 Å². The number of nitrogens with one attached hydrogen (secondary N) is 2. The summed E-state index contributed by atoms with van der Waals surface area (Å²) in [6.45, 7) is 3.65. The van der Waals surface area contributed by atoms with Crippen molar-refractivity contribution in [3.8, 4) is 0 Å². The second kappa shape index (κ2) is 7.58. The average Bonchev–Trinajstić information content (AvgIpc) is 2.70. The number of hydrogen-bond donors (Lipinski definition) is 2. The first-order valence-electron chi connectivity index (χ1n) is 6.64. The topological polar surface area (TPSA) is 75.3 Å². The first-order chi connectivity index (χ1) is 9.35. The number of carbonyl (C=O) groups is 1. The Bertz CT molecular complexity index is 593. The molecule has 21 heavy (non-hydrogen) atoms. The van der Waals surface area contributed by atoms with Gasteiger partial charge in [-0.15, -0.1) is 23.7 Å². The van der Waals surface area contributed by atoms with Crippen LogP contribution in [-0.4, -0.2) is 39.7 Å². The number of halogens is 1. The third-order valence-corrected chi connectivity index (χ3v) is 5.22. The Kier molecular flexibility index (Phi) is 6.65. The molecule has 1 aromatic heterocycles. The molecule has 1 saturated heterocycles. The van der Waals surface area contributed by atoms with E-state index in [4.69, 9.17) is 0 Å². The molecular weight excluding hydrogens is 332 g/mol. The number of amides is 1. The smallest absolute Gasteiger partial charge is 0.261 e. The molecule has 8 heteroatoms. The van der Waals surface area contributed by atoms with Gasteiger partial charge in [-0.2, -0.15) is 0 Å². The lowest BCUT2D eigenvalue weighted by Crippen LogP contribution is -2.45. The van der Waals surface area contributed by atoms with Gasteiger partial charge in [-0.3, -0.25) is 4.79 Å². The van der Waals surface area contributed by atoms with Crippen LogP contribution in [0.4, 0.5) is 0 Å². The summed E-state index contributed by atoms with van der Waals surface area (Å²) in [6.07, 6.45) is 3.25. The van der Waals surface area contributed by atoms with Crippen molar-refractivity contribution in [2.24, 2.45) is 0 Å². The van der Waals surface area contributed by atoms with Gasteiger partial charge in [0, 0.05) is 23.7 Å². The SMILES string of the molecule is Cc1sc(C(=O)N[C@H]2CCCNC2)cc1CS(C)(=O)=O.Cl. The van der Waals surface area contributed by atoms with Crippen LogP contribution in [0.5, 0.6) is 0 Å². The van der Waals surface area contributed by atoms with Crippen LogP contribution in [-0.2, 0) is 15.6 Å². The summed E-state index contributed by atoms with van der Waals surface area (Å²) in [5.41, 5.74) is 0.726. The summed E-state index contributed by atoms with van der Waals surface area (Å²) >= 11 is 1.35. The van der Waals surface area contributed by atoms with E-state index in [9.17, 15) is 13.2 Å². The fourth-order valence-corrected chi connectivity index (χ4v) is 4.19. The van der Waals surface area contributed by atoms with Gasteiger partial charge in [0.1, 0.15) is 0 Å². The van der Waals surface area contributed by atoms with Crippen LogP contribution in [0.2, 0.25) is 0 Å². The van der Waals surface area contributed by atoms with Crippen molar-refractivity contribution in [1.29, 1.82) is 0 Å². The maximum absolute atomic E-state index is 12.2. The molecule has 0 bridgehead atoms. The van der Waals surface area contributed by atoms with Gasteiger partial charge in [-0.25, -0.2) is 8.42 Å². The predicted octanol–water partition coefficient (Wildman–Crippen LogP) is 1.50. The Morgan fingerprint density at radius 2 is 2.24 bits per heavy atom. The highest BCUT2D eigenvalue weighted by Gasteiger charge is 2.19. The van der Waals surface area contributed by atoms with Crippen molar-refractivity contribution in [3.63, 3.8) is 0 Å². The molecule has 5 nitrogen and oxygen atoms in total. The van der Waals surface area contributed by atoms with Crippen LogP contribution in [0.15, 0.2) is 6.07 Å². The zero-order valence-electron chi connectivity index (χ0n) is 12.1. The first kappa shape index (κ1) is 18.4. The Morgan fingerprint density at radius 1 is 1.52 bits per heavy atom. The van der Waals surface area contributed by atoms with E-state index in [1.54, 1.807) is 6.07 Å². The molecule has 0 spiro atoms. The van der Waals surface area contributed by atoms with E-state index in [0.29, 0.717) is 4.88 Å². The van der Waals surface area contributed by atoms with E-state index < -0.39 is 9.84 Å². The van der Waals surface area contributed by atoms with Crippen molar-refractivity contribution < 1.29 is 13.2 Å². The van der Waals surface area contributed by atoms with Crippen LogP contribution in [0.3, 0.4) is 0 Å². The largest absolute Gasteiger partial charge is 0.347 e.